The molecule has 1 saturated heterocycles. The van der Waals surface area contributed by atoms with Crippen molar-refractivity contribution < 1.29 is 14.3 Å². The second kappa shape index (κ2) is 9.91. The van der Waals surface area contributed by atoms with E-state index in [1.807, 2.05) is 12.1 Å². The van der Waals surface area contributed by atoms with Gasteiger partial charge in [-0.1, -0.05) is 29.8 Å². The molecule has 1 aliphatic rings. The van der Waals surface area contributed by atoms with Gasteiger partial charge in [-0.25, -0.2) is 9.78 Å². The molecule has 1 fully saturated rings. The largest absolute Gasteiger partial charge is 0.450 e. The Morgan fingerprint density at radius 2 is 2.00 bits per heavy atom. The molecular formula is C22H28N4O3. The molecule has 0 radical (unpaired) electrons. The number of piperidine rings is 1. The Morgan fingerprint density at radius 3 is 2.66 bits per heavy atom. The quantitative estimate of drug-likeness (QED) is 0.782. The number of nitrogens with zero attached hydrogens (tertiary/aromatic N) is 2. The molecule has 0 atom stereocenters. The van der Waals surface area contributed by atoms with Gasteiger partial charge in [0.05, 0.1) is 18.5 Å². The zero-order chi connectivity index (χ0) is 20.6. The monoisotopic (exact) mass is 396 g/mol. The van der Waals surface area contributed by atoms with E-state index in [2.05, 4.69) is 40.7 Å². The van der Waals surface area contributed by atoms with Crippen LogP contribution >= 0.6 is 0 Å². The second-order valence-corrected chi connectivity index (χ2v) is 7.21. The minimum absolute atomic E-state index is 0.0362. The lowest BCUT2D eigenvalue weighted by Crippen LogP contribution is -2.46. The van der Waals surface area contributed by atoms with Gasteiger partial charge in [-0.2, -0.15) is 0 Å². The number of pyridine rings is 1. The van der Waals surface area contributed by atoms with Gasteiger partial charge >= 0.3 is 6.09 Å². The van der Waals surface area contributed by atoms with Crippen LogP contribution in [0.3, 0.4) is 0 Å². The molecule has 1 aromatic carbocycles. The van der Waals surface area contributed by atoms with Crippen LogP contribution in [0.4, 0.5) is 10.5 Å². The Balaban J connectivity index is 1.46. The smallest absolute Gasteiger partial charge is 0.409 e. The van der Waals surface area contributed by atoms with Crippen LogP contribution < -0.4 is 10.6 Å². The second-order valence-electron chi connectivity index (χ2n) is 7.21. The normalized spacial score (nSPS) is 14.3. The maximum absolute atomic E-state index is 12.5. The first kappa shape index (κ1) is 20.6. The third-order valence-electron chi connectivity index (χ3n) is 4.93. The van der Waals surface area contributed by atoms with Crippen molar-refractivity contribution in [3.05, 3.63) is 59.4 Å². The van der Waals surface area contributed by atoms with Crippen LogP contribution in [0.2, 0.25) is 0 Å². The highest BCUT2D eigenvalue weighted by Gasteiger charge is 2.25. The van der Waals surface area contributed by atoms with Crippen LogP contribution in [0.5, 0.6) is 0 Å². The zero-order valence-corrected chi connectivity index (χ0v) is 17.0. The van der Waals surface area contributed by atoms with E-state index in [0.717, 1.165) is 5.69 Å². The number of ether oxygens (including phenoxy) is 1. The van der Waals surface area contributed by atoms with E-state index in [9.17, 15) is 9.59 Å². The van der Waals surface area contributed by atoms with E-state index in [0.29, 0.717) is 44.8 Å². The van der Waals surface area contributed by atoms with E-state index in [1.54, 1.807) is 24.1 Å². The average Bonchev–Trinajstić information content (AvgIpc) is 2.73. The van der Waals surface area contributed by atoms with Gasteiger partial charge in [0, 0.05) is 25.7 Å². The summed E-state index contributed by atoms with van der Waals surface area (Å²) in [6, 6.07) is 11.9. The van der Waals surface area contributed by atoms with Crippen molar-refractivity contribution >= 4 is 17.7 Å². The van der Waals surface area contributed by atoms with E-state index in [1.165, 1.54) is 11.1 Å². The van der Waals surface area contributed by atoms with Crippen LogP contribution in [-0.4, -0.2) is 47.6 Å². The number of nitrogens with one attached hydrogen (secondary N) is 2. The molecule has 0 spiro atoms. The molecule has 2 N–H and O–H groups in total. The lowest BCUT2D eigenvalue weighted by Gasteiger charge is -2.31. The highest BCUT2D eigenvalue weighted by Crippen LogP contribution is 2.13. The minimum Gasteiger partial charge on any atom is -0.450 e. The molecule has 3 rings (SSSR count). The predicted molar refractivity (Wildman–Crippen MR) is 112 cm³/mol. The first-order chi connectivity index (χ1) is 14.0. The summed E-state index contributed by atoms with van der Waals surface area (Å²) in [5.74, 6) is -0.190. The number of anilines is 1. The summed E-state index contributed by atoms with van der Waals surface area (Å²) in [4.78, 5) is 30.2. The SMILES string of the molecule is CCOC(=O)N1CCC(NC(=O)c2ccc(NCc3cccc(C)c3)cn2)CC1. The lowest BCUT2D eigenvalue weighted by atomic mass is 10.1. The molecule has 7 nitrogen and oxygen atoms in total. The van der Waals surface area contributed by atoms with Crippen LogP contribution in [-0.2, 0) is 11.3 Å². The molecule has 0 aliphatic carbocycles. The summed E-state index contributed by atoms with van der Waals surface area (Å²) in [6.45, 7) is 6.10. The van der Waals surface area contributed by atoms with Crippen LogP contribution in [0.1, 0.15) is 41.4 Å². The van der Waals surface area contributed by atoms with E-state index >= 15 is 0 Å². The predicted octanol–water partition coefficient (Wildman–Crippen LogP) is 3.35. The maximum atomic E-state index is 12.5. The van der Waals surface area contributed by atoms with Crippen LogP contribution in [0.15, 0.2) is 42.6 Å². The number of carbonyl (C=O) groups excluding carboxylic acids is 2. The van der Waals surface area contributed by atoms with Crippen LogP contribution in [0, 0.1) is 6.92 Å². The van der Waals surface area contributed by atoms with Gasteiger partial charge in [-0.05, 0) is 44.4 Å². The Hall–Kier alpha value is -3.09. The molecule has 2 amide bonds. The van der Waals surface area contributed by atoms with E-state index < -0.39 is 0 Å². The molecule has 0 bridgehead atoms. The van der Waals surface area contributed by atoms with Crippen molar-refractivity contribution in [3.63, 3.8) is 0 Å². The number of rotatable bonds is 6. The van der Waals surface area contributed by atoms with Crippen molar-refractivity contribution in [1.82, 2.24) is 15.2 Å². The van der Waals surface area contributed by atoms with Crippen LogP contribution in [0.25, 0.3) is 0 Å². The fourth-order valence-corrected chi connectivity index (χ4v) is 3.34. The highest BCUT2D eigenvalue weighted by molar-refractivity contribution is 5.92. The van der Waals surface area contributed by atoms with Gasteiger partial charge in [-0.3, -0.25) is 4.79 Å². The van der Waals surface area contributed by atoms with Gasteiger partial charge in [0.1, 0.15) is 5.69 Å². The van der Waals surface area contributed by atoms with E-state index in [4.69, 9.17) is 4.74 Å². The Labute approximate surface area is 171 Å². The molecule has 1 aliphatic heterocycles. The van der Waals surface area contributed by atoms with Crippen molar-refractivity contribution in [1.29, 1.82) is 0 Å². The van der Waals surface area contributed by atoms with E-state index in [-0.39, 0.29) is 18.0 Å². The summed E-state index contributed by atoms with van der Waals surface area (Å²) in [5.41, 5.74) is 3.67. The number of aryl methyl sites for hydroxylation is 1. The number of amides is 2. The Bertz CT molecular complexity index is 830. The number of benzene rings is 1. The van der Waals surface area contributed by atoms with Crippen molar-refractivity contribution in [2.75, 3.05) is 25.0 Å². The molecule has 0 saturated carbocycles. The fraction of sp³-hybridized carbons (Fsp3) is 0.409. The van der Waals surface area contributed by atoms with Gasteiger partial charge in [-0.15, -0.1) is 0 Å². The van der Waals surface area contributed by atoms with Gasteiger partial charge in [0.2, 0.25) is 0 Å². The van der Waals surface area contributed by atoms with Crippen molar-refractivity contribution in [2.24, 2.45) is 0 Å². The standard InChI is InChI=1S/C22H28N4O3/c1-3-29-22(28)26-11-9-18(10-12-26)25-21(27)20-8-7-19(15-24-20)23-14-17-6-4-5-16(2)13-17/h4-8,13,15,18,23H,3,9-12,14H2,1-2H3,(H,25,27). The molecular weight excluding hydrogens is 368 g/mol. The first-order valence-electron chi connectivity index (χ1n) is 10.0. The summed E-state index contributed by atoms with van der Waals surface area (Å²) in [7, 11) is 0. The van der Waals surface area contributed by atoms with Crippen molar-refractivity contribution in [2.45, 2.75) is 39.3 Å². The molecule has 2 heterocycles. The number of hydrogen-bond acceptors (Lipinski definition) is 5. The van der Waals surface area contributed by atoms with Crippen molar-refractivity contribution in [3.8, 4) is 0 Å². The number of likely N-dealkylation sites (tertiary alicyclic amines) is 1. The third-order valence-corrected chi connectivity index (χ3v) is 4.93. The molecule has 29 heavy (non-hydrogen) atoms. The minimum atomic E-state index is -0.285. The number of carbonyl (C=O) groups is 2. The maximum Gasteiger partial charge on any atom is 0.409 e. The summed E-state index contributed by atoms with van der Waals surface area (Å²) >= 11 is 0. The molecule has 1 aromatic heterocycles. The molecule has 2 aromatic rings. The molecule has 7 heteroatoms. The highest BCUT2D eigenvalue weighted by atomic mass is 16.6. The molecule has 0 unspecified atom stereocenters. The average molecular weight is 396 g/mol. The zero-order valence-electron chi connectivity index (χ0n) is 17.0. The number of aromatic nitrogens is 1. The summed E-state index contributed by atoms with van der Waals surface area (Å²) in [6.07, 6.45) is 2.81. The summed E-state index contributed by atoms with van der Waals surface area (Å²) < 4.78 is 5.02. The Kier molecular flexibility index (Phi) is 7.05. The summed E-state index contributed by atoms with van der Waals surface area (Å²) in [5, 5.41) is 6.33. The topological polar surface area (TPSA) is 83.6 Å². The number of hydrogen-bond donors (Lipinski definition) is 2. The Morgan fingerprint density at radius 1 is 1.21 bits per heavy atom. The fourth-order valence-electron chi connectivity index (χ4n) is 3.34. The van der Waals surface area contributed by atoms with Gasteiger partial charge in [0.15, 0.2) is 0 Å². The lowest BCUT2D eigenvalue weighted by molar-refractivity contribution is 0.0856. The third kappa shape index (κ3) is 5.94. The van der Waals surface area contributed by atoms with Gasteiger partial charge < -0.3 is 20.3 Å². The first-order valence-corrected chi connectivity index (χ1v) is 10.0. The molecule has 154 valence electrons. The van der Waals surface area contributed by atoms with Gasteiger partial charge in [0.25, 0.3) is 5.91 Å².